The molecular formula is C15H12FN3O. The van der Waals surface area contributed by atoms with Gasteiger partial charge in [-0.1, -0.05) is 6.07 Å². The summed E-state index contributed by atoms with van der Waals surface area (Å²) in [4.78, 5) is 4.05. The van der Waals surface area contributed by atoms with Crippen LogP contribution in [0.3, 0.4) is 0 Å². The number of aromatic nitrogens is 3. The van der Waals surface area contributed by atoms with Gasteiger partial charge in [-0.3, -0.25) is 4.98 Å². The topological polar surface area (TPSA) is 39.9 Å². The van der Waals surface area contributed by atoms with Crippen LogP contribution in [0.25, 0.3) is 16.8 Å². The number of benzene rings is 1. The Kier molecular flexibility index (Phi) is 3.16. The van der Waals surface area contributed by atoms with E-state index in [-0.39, 0.29) is 11.6 Å². The number of nitrogens with zero attached hydrogens (tertiary/aromatic N) is 3. The summed E-state index contributed by atoms with van der Waals surface area (Å²) in [5.41, 5.74) is 2.60. The Balaban J connectivity index is 1.98. The van der Waals surface area contributed by atoms with Crippen LogP contribution in [0.2, 0.25) is 0 Å². The Morgan fingerprint density at radius 2 is 2.05 bits per heavy atom. The minimum atomic E-state index is -0.379. The minimum absolute atomic E-state index is 0.219. The van der Waals surface area contributed by atoms with Crippen molar-refractivity contribution in [2.75, 3.05) is 7.11 Å². The fourth-order valence-corrected chi connectivity index (χ4v) is 1.94. The second-order valence-electron chi connectivity index (χ2n) is 4.23. The van der Waals surface area contributed by atoms with Crippen molar-refractivity contribution < 1.29 is 9.13 Å². The first-order valence-corrected chi connectivity index (χ1v) is 6.07. The van der Waals surface area contributed by atoms with Gasteiger partial charge in [0.1, 0.15) is 0 Å². The molecule has 0 bridgehead atoms. The number of rotatable bonds is 3. The largest absolute Gasteiger partial charge is 0.494 e. The standard InChI is InChI=1S/C15H12FN3O/c1-20-15-7-11(4-5-14(15)16)12-8-18-19(10-12)13-3-2-6-17-9-13/h2-10H,1H3. The first-order chi connectivity index (χ1) is 9.78. The number of ether oxygens (including phenoxy) is 1. The Hall–Kier alpha value is -2.69. The third-order valence-electron chi connectivity index (χ3n) is 2.98. The van der Waals surface area contributed by atoms with Crippen LogP contribution in [0.15, 0.2) is 55.1 Å². The molecular weight excluding hydrogens is 257 g/mol. The van der Waals surface area contributed by atoms with Crippen LogP contribution in [0.4, 0.5) is 4.39 Å². The minimum Gasteiger partial charge on any atom is -0.494 e. The van der Waals surface area contributed by atoms with E-state index < -0.39 is 0 Å². The number of methoxy groups -OCH3 is 1. The highest BCUT2D eigenvalue weighted by Crippen LogP contribution is 2.26. The molecule has 0 saturated carbocycles. The molecule has 0 spiro atoms. The van der Waals surface area contributed by atoms with Crippen molar-refractivity contribution in [3.05, 3.63) is 60.9 Å². The van der Waals surface area contributed by atoms with E-state index in [2.05, 4.69) is 10.1 Å². The van der Waals surface area contributed by atoms with Gasteiger partial charge in [0.05, 0.1) is 25.2 Å². The fraction of sp³-hybridized carbons (Fsp3) is 0.0667. The van der Waals surface area contributed by atoms with Gasteiger partial charge in [0.2, 0.25) is 0 Å². The van der Waals surface area contributed by atoms with Crippen LogP contribution in [-0.2, 0) is 0 Å². The van der Waals surface area contributed by atoms with Crippen LogP contribution < -0.4 is 4.74 Å². The van der Waals surface area contributed by atoms with Crippen LogP contribution in [0, 0.1) is 5.82 Å². The van der Waals surface area contributed by atoms with E-state index in [9.17, 15) is 4.39 Å². The molecule has 0 atom stereocenters. The zero-order valence-electron chi connectivity index (χ0n) is 10.8. The molecule has 2 aromatic heterocycles. The summed E-state index contributed by atoms with van der Waals surface area (Å²) in [6.45, 7) is 0. The van der Waals surface area contributed by atoms with Crippen molar-refractivity contribution in [2.45, 2.75) is 0 Å². The number of halogens is 1. The maximum atomic E-state index is 13.4. The molecule has 0 unspecified atom stereocenters. The van der Waals surface area contributed by atoms with Gasteiger partial charge in [-0.25, -0.2) is 9.07 Å². The maximum Gasteiger partial charge on any atom is 0.165 e. The molecule has 100 valence electrons. The van der Waals surface area contributed by atoms with Crippen molar-refractivity contribution in [3.8, 4) is 22.6 Å². The summed E-state index contributed by atoms with van der Waals surface area (Å²) < 4.78 is 20.1. The third kappa shape index (κ3) is 2.25. The quantitative estimate of drug-likeness (QED) is 0.733. The molecule has 0 aliphatic carbocycles. The molecule has 0 aliphatic heterocycles. The summed E-state index contributed by atoms with van der Waals surface area (Å²) in [7, 11) is 1.45. The third-order valence-corrected chi connectivity index (χ3v) is 2.98. The molecule has 4 nitrogen and oxygen atoms in total. The maximum absolute atomic E-state index is 13.4. The van der Waals surface area contributed by atoms with Crippen LogP contribution >= 0.6 is 0 Å². The molecule has 0 fully saturated rings. The van der Waals surface area contributed by atoms with E-state index in [1.165, 1.54) is 13.2 Å². The Morgan fingerprint density at radius 1 is 1.15 bits per heavy atom. The molecule has 0 amide bonds. The monoisotopic (exact) mass is 269 g/mol. The Morgan fingerprint density at radius 3 is 2.80 bits per heavy atom. The van der Waals surface area contributed by atoms with E-state index in [4.69, 9.17) is 4.74 Å². The molecule has 5 heteroatoms. The highest BCUT2D eigenvalue weighted by Gasteiger charge is 2.07. The lowest BCUT2D eigenvalue weighted by atomic mass is 10.1. The summed E-state index contributed by atoms with van der Waals surface area (Å²) >= 11 is 0. The second kappa shape index (κ2) is 5.13. The molecule has 0 radical (unpaired) electrons. The lowest BCUT2D eigenvalue weighted by molar-refractivity contribution is 0.387. The van der Waals surface area contributed by atoms with Crippen molar-refractivity contribution in [1.29, 1.82) is 0 Å². The van der Waals surface area contributed by atoms with Gasteiger partial charge in [-0.15, -0.1) is 0 Å². The Labute approximate surface area is 115 Å². The zero-order chi connectivity index (χ0) is 13.9. The molecule has 3 rings (SSSR count). The van der Waals surface area contributed by atoms with E-state index in [1.54, 1.807) is 35.4 Å². The van der Waals surface area contributed by atoms with Crippen molar-refractivity contribution in [2.24, 2.45) is 0 Å². The average Bonchev–Trinajstić information content (AvgIpc) is 2.98. The van der Waals surface area contributed by atoms with Crippen LogP contribution in [0.5, 0.6) is 5.75 Å². The van der Waals surface area contributed by atoms with Crippen molar-refractivity contribution in [3.63, 3.8) is 0 Å². The van der Waals surface area contributed by atoms with Crippen LogP contribution in [0.1, 0.15) is 0 Å². The van der Waals surface area contributed by atoms with Gasteiger partial charge in [0.25, 0.3) is 0 Å². The SMILES string of the molecule is COc1cc(-c2cnn(-c3cccnc3)c2)ccc1F. The van der Waals surface area contributed by atoms with E-state index in [0.717, 1.165) is 16.8 Å². The van der Waals surface area contributed by atoms with E-state index in [1.807, 2.05) is 18.3 Å². The van der Waals surface area contributed by atoms with E-state index in [0.29, 0.717) is 0 Å². The lowest BCUT2D eigenvalue weighted by Gasteiger charge is -2.04. The van der Waals surface area contributed by atoms with Gasteiger partial charge < -0.3 is 4.74 Å². The smallest absolute Gasteiger partial charge is 0.165 e. The average molecular weight is 269 g/mol. The highest BCUT2D eigenvalue weighted by atomic mass is 19.1. The molecule has 0 N–H and O–H groups in total. The van der Waals surface area contributed by atoms with Gasteiger partial charge >= 0.3 is 0 Å². The van der Waals surface area contributed by atoms with E-state index >= 15 is 0 Å². The number of hydrogen-bond donors (Lipinski definition) is 0. The van der Waals surface area contributed by atoms with Crippen molar-refractivity contribution >= 4 is 0 Å². The lowest BCUT2D eigenvalue weighted by Crippen LogP contribution is -1.93. The fourth-order valence-electron chi connectivity index (χ4n) is 1.94. The highest BCUT2D eigenvalue weighted by molar-refractivity contribution is 5.64. The normalized spacial score (nSPS) is 10.5. The van der Waals surface area contributed by atoms with Crippen molar-refractivity contribution in [1.82, 2.24) is 14.8 Å². The Bertz CT molecular complexity index is 725. The number of pyridine rings is 1. The predicted molar refractivity (Wildman–Crippen MR) is 73.3 cm³/mol. The molecule has 3 aromatic rings. The molecule has 20 heavy (non-hydrogen) atoms. The van der Waals surface area contributed by atoms with Gasteiger partial charge in [0, 0.05) is 18.0 Å². The zero-order valence-corrected chi connectivity index (χ0v) is 10.8. The van der Waals surface area contributed by atoms with Gasteiger partial charge in [-0.2, -0.15) is 5.10 Å². The molecule has 1 aromatic carbocycles. The molecule has 2 heterocycles. The summed E-state index contributed by atoms with van der Waals surface area (Å²) in [5, 5.41) is 4.28. The van der Waals surface area contributed by atoms with Gasteiger partial charge in [0.15, 0.2) is 11.6 Å². The van der Waals surface area contributed by atoms with Gasteiger partial charge in [-0.05, 0) is 29.8 Å². The number of hydrogen-bond acceptors (Lipinski definition) is 3. The second-order valence-corrected chi connectivity index (χ2v) is 4.23. The summed E-state index contributed by atoms with van der Waals surface area (Å²) in [6.07, 6.45) is 7.02. The first kappa shape index (κ1) is 12.3. The first-order valence-electron chi connectivity index (χ1n) is 6.07. The summed E-state index contributed by atoms with van der Waals surface area (Å²) in [5.74, 6) is -0.160. The molecule has 0 saturated heterocycles. The summed E-state index contributed by atoms with van der Waals surface area (Å²) in [6, 6.07) is 8.49. The van der Waals surface area contributed by atoms with Crippen LogP contribution in [-0.4, -0.2) is 21.9 Å². The molecule has 0 aliphatic rings. The predicted octanol–water partition coefficient (Wildman–Crippen LogP) is 3.08.